The summed E-state index contributed by atoms with van der Waals surface area (Å²) in [5, 5.41) is 3.21. The third-order valence-corrected chi connectivity index (χ3v) is 4.35. The molecule has 0 aliphatic heterocycles. The largest absolute Gasteiger partial charge is 0.348 e. The predicted molar refractivity (Wildman–Crippen MR) is 70.0 cm³/mol. The Labute approximate surface area is 102 Å². The van der Waals surface area contributed by atoms with Crippen molar-refractivity contribution >= 4 is 16.5 Å². The maximum Gasteiger partial charge on any atom is 0.185 e. The van der Waals surface area contributed by atoms with E-state index in [4.69, 9.17) is 5.73 Å². The minimum atomic E-state index is 0.0461. The van der Waals surface area contributed by atoms with E-state index in [9.17, 15) is 0 Å². The number of anilines is 1. The fraction of sp³-hybridized carbons (Fsp3) is 0.750. The van der Waals surface area contributed by atoms with Crippen LogP contribution in [0.2, 0.25) is 0 Å². The van der Waals surface area contributed by atoms with Gasteiger partial charge in [0.2, 0.25) is 0 Å². The van der Waals surface area contributed by atoms with Crippen LogP contribution < -0.4 is 10.6 Å². The van der Waals surface area contributed by atoms with Crippen LogP contribution in [0.25, 0.3) is 0 Å². The summed E-state index contributed by atoms with van der Waals surface area (Å²) in [6.45, 7) is 1.99. The number of rotatable bonds is 3. The number of hydrogen-bond acceptors (Lipinski definition) is 4. The molecule has 4 heteroatoms. The van der Waals surface area contributed by atoms with E-state index in [0.717, 1.165) is 10.8 Å². The average Bonchev–Trinajstić information content (AvgIpc) is 2.78. The Morgan fingerprint density at radius 3 is 2.69 bits per heavy atom. The van der Waals surface area contributed by atoms with Crippen LogP contribution in [0.3, 0.4) is 0 Å². The van der Waals surface area contributed by atoms with Gasteiger partial charge in [-0.05, 0) is 19.8 Å². The van der Waals surface area contributed by atoms with Crippen molar-refractivity contribution in [3.05, 3.63) is 11.1 Å². The molecule has 16 heavy (non-hydrogen) atoms. The topological polar surface area (TPSA) is 42.1 Å². The molecule has 1 unspecified atom stereocenters. The Morgan fingerprint density at radius 1 is 1.44 bits per heavy atom. The van der Waals surface area contributed by atoms with E-state index in [-0.39, 0.29) is 6.04 Å². The second-order valence-corrected chi connectivity index (χ2v) is 5.58. The molecule has 1 aliphatic carbocycles. The molecule has 1 heterocycles. The van der Waals surface area contributed by atoms with E-state index in [0.29, 0.717) is 6.04 Å². The Kier molecular flexibility index (Phi) is 3.82. The smallest absolute Gasteiger partial charge is 0.185 e. The number of hydrogen-bond donors (Lipinski definition) is 1. The first kappa shape index (κ1) is 11.9. The first-order valence-corrected chi connectivity index (χ1v) is 7.00. The molecule has 0 spiro atoms. The van der Waals surface area contributed by atoms with Gasteiger partial charge in [0.1, 0.15) is 0 Å². The van der Waals surface area contributed by atoms with Crippen molar-refractivity contribution in [3.63, 3.8) is 0 Å². The summed E-state index contributed by atoms with van der Waals surface area (Å²) in [5.41, 5.74) is 6.85. The molecule has 1 aliphatic rings. The van der Waals surface area contributed by atoms with Crippen molar-refractivity contribution in [1.82, 2.24) is 4.98 Å². The molecule has 3 nitrogen and oxygen atoms in total. The fourth-order valence-corrected chi connectivity index (χ4v) is 3.24. The van der Waals surface area contributed by atoms with Crippen LogP contribution in [0.4, 0.5) is 5.13 Å². The van der Waals surface area contributed by atoms with Crippen LogP contribution in [-0.4, -0.2) is 18.1 Å². The Bertz CT molecular complexity index is 329. The Balaban J connectivity index is 2.04. The highest BCUT2D eigenvalue weighted by Gasteiger charge is 2.20. The molecule has 0 aromatic carbocycles. The number of nitrogens with two attached hydrogens (primary N) is 1. The summed E-state index contributed by atoms with van der Waals surface area (Å²) in [7, 11) is 2.17. The minimum absolute atomic E-state index is 0.0461. The summed E-state index contributed by atoms with van der Waals surface area (Å²) in [4.78, 5) is 6.95. The second-order valence-electron chi connectivity index (χ2n) is 4.75. The van der Waals surface area contributed by atoms with E-state index >= 15 is 0 Å². The van der Waals surface area contributed by atoms with Gasteiger partial charge in [-0.2, -0.15) is 0 Å². The van der Waals surface area contributed by atoms with Crippen molar-refractivity contribution in [2.45, 2.75) is 51.1 Å². The maximum atomic E-state index is 5.83. The Hall–Kier alpha value is -0.610. The van der Waals surface area contributed by atoms with Crippen molar-refractivity contribution in [1.29, 1.82) is 0 Å². The number of aromatic nitrogens is 1. The highest BCUT2D eigenvalue weighted by molar-refractivity contribution is 7.13. The van der Waals surface area contributed by atoms with E-state index < -0.39 is 0 Å². The first-order chi connectivity index (χ1) is 7.68. The van der Waals surface area contributed by atoms with Crippen molar-refractivity contribution in [2.75, 3.05) is 11.9 Å². The lowest BCUT2D eigenvalue weighted by molar-refractivity contribution is 0.427. The maximum absolute atomic E-state index is 5.83. The summed E-state index contributed by atoms with van der Waals surface area (Å²) < 4.78 is 0. The van der Waals surface area contributed by atoms with Crippen LogP contribution in [0.1, 0.15) is 50.8 Å². The van der Waals surface area contributed by atoms with Crippen LogP contribution in [0, 0.1) is 0 Å². The molecule has 0 radical (unpaired) electrons. The van der Waals surface area contributed by atoms with Gasteiger partial charge in [0.05, 0.1) is 5.69 Å². The van der Waals surface area contributed by atoms with E-state index in [1.165, 1.54) is 32.1 Å². The van der Waals surface area contributed by atoms with Gasteiger partial charge >= 0.3 is 0 Å². The lowest BCUT2D eigenvalue weighted by atomic mass is 9.95. The molecule has 90 valence electrons. The normalized spacial score (nSPS) is 19.7. The van der Waals surface area contributed by atoms with Crippen LogP contribution >= 0.6 is 11.3 Å². The molecule has 1 fully saturated rings. The van der Waals surface area contributed by atoms with E-state index in [1.54, 1.807) is 11.3 Å². The third-order valence-electron chi connectivity index (χ3n) is 3.40. The highest BCUT2D eigenvalue weighted by atomic mass is 32.1. The summed E-state index contributed by atoms with van der Waals surface area (Å²) in [6, 6.07) is 0.727. The summed E-state index contributed by atoms with van der Waals surface area (Å²) in [5.74, 6) is 0. The zero-order valence-electron chi connectivity index (χ0n) is 10.1. The standard InChI is InChI=1S/C12H21N3S/c1-9(13)11-8-16-12(14-11)15(2)10-6-4-3-5-7-10/h8-10H,3-7,13H2,1-2H3. The van der Waals surface area contributed by atoms with Crippen LogP contribution in [0.5, 0.6) is 0 Å². The second kappa shape index (κ2) is 5.15. The highest BCUT2D eigenvalue weighted by Crippen LogP contribution is 2.29. The van der Waals surface area contributed by atoms with Crippen molar-refractivity contribution in [3.8, 4) is 0 Å². The lowest BCUT2D eigenvalue weighted by Gasteiger charge is -2.30. The zero-order chi connectivity index (χ0) is 11.5. The molecule has 0 saturated heterocycles. The molecule has 1 atom stereocenters. The van der Waals surface area contributed by atoms with Crippen LogP contribution in [0.15, 0.2) is 5.38 Å². The molecular weight excluding hydrogens is 218 g/mol. The van der Waals surface area contributed by atoms with Gasteiger partial charge in [-0.15, -0.1) is 11.3 Å². The molecule has 2 rings (SSSR count). The number of thiazole rings is 1. The lowest BCUT2D eigenvalue weighted by Crippen LogP contribution is -2.33. The van der Waals surface area contributed by atoms with Gasteiger partial charge in [0.15, 0.2) is 5.13 Å². The molecule has 2 N–H and O–H groups in total. The molecule has 0 bridgehead atoms. The Morgan fingerprint density at radius 2 is 2.12 bits per heavy atom. The van der Waals surface area contributed by atoms with E-state index in [1.807, 2.05) is 6.92 Å². The van der Waals surface area contributed by atoms with Crippen LogP contribution in [-0.2, 0) is 0 Å². The quantitative estimate of drug-likeness (QED) is 0.882. The average molecular weight is 239 g/mol. The molecular formula is C12H21N3S. The zero-order valence-corrected chi connectivity index (χ0v) is 11.0. The third kappa shape index (κ3) is 2.55. The molecule has 1 aromatic heterocycles. The van der Waals surface area contributed by atoms with Crippen molar-refractivity contribution < 1.29 is 0 Å². The minimum Gasteiger partial charge on any atom is -0.348 e. The summed E-state index contributed by atoms with van der Waals surface area (Å²) in [6.07, 6.45) is 6.74. The van der Waals surface area contributed by atoms with Gasteiger partial charge < -0.3 is 10.6 Å². The first-order valence-electron chi connectivity index (χ1n) is 6.12. The monoisotopic (exact) mass is 239 g/mol. The van der Waals surface area contributed by atoms with Crippen molar-refractivity contribution in [2.24, 2.45) is 5.73 Å². The van der Waals surface area contributed by atoms with Gasteiger partial charge in [-0.1, -0.05) is 19.3 Å². The molecule has 1 aromatic rings. The van der Waals surface area contributed by atoms with Gasteiger partial charge in [0.25, 0.3) is 0 Å². The number of nitrogens with zero attached hydrogens (tertiary/aromatic N) is 2. The SMILES string of the molecule is CC(N)c1csc(N(C)C2CCCCC2)n1. The predicted octanol–water partition coefficient (Wildman–Crippen LogP) is 2.93. The fourth-order valence-electron chi connectivity index (χ4n) is 2.27. The van der Waals surface area contributed by atoms with Gasteiger partial charge in [0, 0.05) is 24.5 Å². The van der Waals surface area contributed by atoms with Gasteiger partial charge in [-0.25, -0.2) is 4.98 Å². The summed E-state index contributed by atoms with van der Waals surface area (Å²) >= 11 is 1.71. The van der Waals surface area contributed by atoms with E-state index in [2.05, 4.69) is 22.3 Å². The van der Waals surface area contributed by atoms with Gasteiger partial charge in [-0.3, -0.25) is 0 Å². The molecule has 0 amide bonds. The molecule has 1 saturated carbocycles.